The van der Waals surface area contributed by atoms with E-state index in [9.17, 15) is 4.79 Å². The fourth-order valence-electron chi connectivity index (χ4n) is 4.62. The Hall–Kier alpha value is -3.85. The molecule has 0 bridgehead atoms. The highest BCUT2D eigenvalue weighted by molar-refractivity contribution is 9.10. The summed E-state index contributed by atoms with van der Waals surface area (Å²) in [7, 11) is 0. The molecule has 1 aliphatic rings. The van der Waals surface area contributed by atoms with Gasteiger partial charge in [0.25, 0.3) is 5.91 Å². The summed E-state index contributed by atoms with van der Waals surface area (Å²) >= 11 is 3.64. The molecule has 0 radical (unpaired) electrons. The summed E-state index contributed by atoms with van der Waals surface area (Å²) < 4.78 is 13.1. The number of aliphatic imine (C=N–C) groups is 1. The average Bonchev–Trinajstić information content (AvgIpc) is 3.37. The smallest absolute Gasteiger partial charge is 0.252 e. The number of aliphatic hydroxyl groups excluding tert-OH is 1. The lowest BCUT2D eigenvalue weighted by molar-refractivity contribution is -0.128. The highest BCUT2D eigenvalue weighted by Crippen LogP contribution is 2.44. The van der Waals surface area contributed by atoms with Gasteiger partial charge in [-0.1, -0.05) is 70.4 Å². The first-order valence-corrected chi connectivity index (χ1v) is 14.0. The normalized spacial score (nSPS) is 17.9. The summed E-state index contributed by atoms with van der Waals surface area (Å²) in [6.07, 6.45) is 0.802. The number of ether oxygens (including phenoxy) is 2. The SMILES string of the molecule is CCCNC(=O)[C@]1(Cc2ccccc2Br)N=C(c2ccc(OCCCO)cc2)O[C@@H]1c1ccccc1CN=[N+]=[N-]. The molecule has 0 saturated heterocycles. The maximum atomic E-state index is 14.1. The predicted octanol–water partition coefficient (Wildman–Crippen LogP) is 6.05. The van der Waals surface area contributed by atoms with Crippen LogP contribution in [-0.4, -0.2) is 42.2 Å². The predicted molar refractivity (Wildman–Crippen MR) is 157 cm³/mol. The molecule has 1 aliphatic heterocycles. The summed E-state index contributed by atoms with van der Waals surface area (Å²) in [6.45, 7) is 3.07. The standard InChI is InChI=1S/C30H32BrN5O4/c1-2-16-33-29(38)30(19-22-8-4-6-11-26(22)31)27(25-10-5-3-9-23(25)20-34-36-32)40-28(35-30)21-12-14-24(15-13-21)39-18-7-17-37/h3-6,8-15,27,37H,2,7,16-20H2,1H3,(H,33,38)/t27-,30-/m1/s1. The van der Waals surface area contributed by atoms with Crippen molar-refractivity contribution in [3.63, 3.8) is 0 Å². The lowest BCUT2D eigenvalue weighted by atomic mass is 9.80. The molecule has 2 atom stereocenters. The lowest BCUT2D eigenvalue weighted by Crippen LogP contribution is -2.50. The molecule has 2 N–H and O–H groups in total. The van der Waals surface area contributed by atoms with E-state index in [1.807, 2.05) is 79.7 Å². The van der Waals surface area contributed by atoms with Gasteiger partial charge in [-0.3, -0.25) is 4.79 Å². The molecule has 40 heavy (non-hydrogen) atoms. The summed E-state index contributed by atoms with van der Waals surface area (Å²) in [5.74, 6) is 0.754. The number of azide groups is 1. The third-order valence-corrected chi connectivity index (χ3v) is 7.40. The van der Waals surface area contributed by atoms with Crippen molar-refractivity contribution in [2.75, 3.05) is 19.8 Å². The number of carbonyl (C=O) groups is 1. The highest BCUT2D eigenvalue weighted by Gasteiger charge is 2.53. The third kappa shape index (κ3) is 6.65. The van der Waals surface area contributed by atoms with E-state index in [0.717, 1.165) is 27.6 Å². The first-order chi connectivity index (χ1) is 19.5. The number of nitrogens with one attached hydrogen (secondary N) is 1. The Morgan fingerprint density at radius 2 is 1.88 bits per heavy atom. The van der Waals surface area contributed by atoms with Gasteiger partial charge in [-0.25, -0.2) is 4.99 Å². The van der Waals surface area contributed by atoms with Crippen LogP contribution in [0.15, 0.2) is 87.4 Å². The molecule has 0 saturated carbocycles. The number of aliphatic hydroxyl groups is 1. The number of rotatable bonds is 13. The van der Waals surface area contributed by atoms with Gasteiger partial charge in [0.05, 0.1) is 13.2 Å². The largest absolute Gasteiger partial charge is 0.494 e. The molecule has 1 amide bonds. The molecule has 4 rings (SSSR count). The van der Waals surface area contributed by atoms with Gasteiger partial charge >= 0.3 is 0 Å². The van der Waals surface area contributed by atoms with Crippen molar-refractivity contribution in [2.45, 2.75) is 44.4 Å². The van der Waals surface area contributed by atoms with E-state index in [-0.39, 0.29) is 25.5 Å². The molecule has 3 aromatic carbocycles. The van der Waals surface area contributed by atoms with Gasteiger partial charge in [-0.15, -0.1) is 0 Å². The Bertz CT molecular complexity index is 1390. The van der Waals surface area contributed by atoms with Crippen molar-refractivity contribution in [3.8, 4) is 5.75 Å². The molecule has 0 unspecified atom stereocenters. The van der Waals surface area contributed by atoms with E-state index >= 15 is 0 Å². The average molecular weight is 607 g/mol. The number of nitrogens with zero attached hydrogens (tertiary/aromatic N) is 4. The molecule has 0 spiro atoms. The monoisotopic (exact) mass is 605 g/mol. The van der Waals surface area contributed by atoms with Crippen molar-refractivity contribution in [1.82, 2.24) is 5.32 Å². The number of hydrogen-bond donors (Lipinski definition) is 2. The van der Waals surface area contributed by atoms with Crippen LogP contribution in [0.3, 0.4) is 0 Å². The van der Waals surface area contributed by atoms with Crippen LogP contribution in [0, 0.1) is 0 Å². The molecule has 9 nitrogen and oxygen atoms in total. The van der Waals surface area contributed by atoms with Crippen molar-refractivity contribution >= 4 is 27.7 Å². The first-order valence-electron chi connectivity index (χ1n) is 13.2. The first kappa shape index (κ1) is 29.1. The van der Waals surface area contributed by atoms with E-state index in [4.69, 9.17) is 25.1 Å². The van der Waals surface area contributed by atoms with Crippen molar-refractivity contribution in [3.05, 3.63) is 110 Å². The summed E-state index contributed by atoms with van der Waals surface area (Å²) in [5.41, 5.74) is 10.8. The maximum Gasteiger partial charge on any atom is 0.252 e. The van der Waals surface area contributed by atoms with Gasteiger partial charge in [-0.2, -0.15) is 0 Å². The van der Waals surface area contributed by atoms with Gasteiger partial charge in [-0.05, 0) is 59.0 Å². The Kier molecular flexibility index (Phi) is 10.2. The van der Waals surface area contributed by atoms with Crippen LogP contribution >= 0.6 is 15.9 Å². The Morgan fingerprint density at radius 3 is 2.58 bits per heavy atom. The molecule has 0 aromatic heterocycles. The van der Waals surface area contributed by atoms with Crippen LogP contribution in [0.2, 0.25) is 0 Å². The van der Waals surface area contributed by atoms with Crippen LogP contribution < -0.4 is 10.1 Å². The zero-order chi connectivity index (χ0) is 28.4. The van der Waals surface area contributed by atoms with Gasteiger partial charge in [0.1, 0.15) is 5.75 Å². The van der Waals surface area contributed by atoms with Crippen LogP contribution in [0.1, 0.15) is 48.1 Å². The van der Waals surface area contributed by atoms with Crippen LogP contribution in [0.4, 0.5) is 0 Å². The molecule has 3 aromatic rings. The molecule has 0 fully saturated rings. The van der Waals surface area contributed by atoms with Crippen LogP contribution in [-0.2, 0) is 22.5 Å². The van der Waals surface area contributed by atoms with Gasteiger partial charge in [0, 0.05) is 40.9 Å². The zero-order valence-electron chi connectivity index (χ0n) is 22.3. The zero-order valence-corrected chi connectivity index (χ0v) is 23.9. The van der Waals surface area contributed by atoms with E-state index in [2.05, 4.69) is 31.3 Å². The quantitative estimate of drug-likeness (QED) is 0.106. The van der Waals surface area contributed by atoms with Crippen LogP contribution in [0.5, 0.6) is 5.75 Å². The van der Waals surface area contributed by atoms with Gasteiger partial charge < -0.3 is 19.9 Å². The second-order valence-electron chi connectivity index (χ2n) is 9.40. The number of amides is 1. The van der Waals surface area contributed by atoms with Crippen LogP contribution in [0.25, 0.3) is 10.4 Å². The Morgan fingerprint density at radius 1 is 1.15 bits per heavy atom. The third-order valence-electron chi connectivity index (χ3n) is 6.63. The summed E-state index contributed by atoms with van der Waals surface area (Å²) in [4.78, 5) is 22.1. The molecule has 208 valence electrons. The van der Waals surface area contributed by atoms with E-state index in [1.54, 1.807) is 0 Å². The molecule has 0 aliphatic carbocycles. The number of hydrogen-bond acceptors (Lipinski definition) is 6. The van der Waals surface area contributed by atoms with Crippen molar-refractivity contribution in [1.29, 1.82) is 0 Å². The minimum Gasteiger partial charge on any atom is -0.494 e. The number of benzene rings is 3. The van der Waals surface area contributed by atoms with Crippen molar-refractivity contribution < 1.29 is 19.4 Å². The second-order valence-corrected chi connectivity index (χ2v) is 10.3. The minimum atomic E-state index is -1.34. The summed E-state index contributed by atoms with van der Waals surface area (Å²) in [6, 6.07) is 22.6. The van der Waals surface area contributed by atoms with E-state index < -0.39 is 11.6 Å². The van der Waals surface area contributed by atoms with Gasteiger partial charge in [0.2, 0.25) is 5.90 Å². The Labute approximate surface area is 242 Å². The minimum absolute atomic E-state index is 0.0605. The molecule has 1 heterocycles. The lowest BCUT2D eigenvalue weighted by Gasteiger charge is -2.32. The van der Waals surface area contributed by atoms with Gasteiger partial charge in [0.15, 0.2) is 11.6 Å². The van der Waals surface area contributed by atoms with Crippen molar-refractivity contribution in [2.24, 2.45) is 10.1 Å². The highest BCUT2D eigenvalue weighted by atomic mass is 79.9. The second kappa shape index (κ2) is 14.0. The van der Waals surface area contributed by atoms with E-state index in [0.29, 0.717) is 36.8 Å². The number of carbonyl (C=O) groups excluding carboxylic acids is 1. The maximum absolute atomic E-state index is 14.1. The van der Waals surface area contributed by atoms with E-state index in [1.165, 1.54) is 0 Å². The topological polar surface area (TPSA) is 129 Å². The molecular weight excluding hydrogens is 574 g/mol. The fraction of sp³-hybridized carbons (Fsp3) is 0.333. The molecular formula is C30H32BrN5O4. The number of halogens is 1. The fourth-order valence-corrected chi connectivity index (χ4v) is 5.05. The molecule has 10 heteroatoms. The summed E-state index contributed by atoms with van der Waals surface area (Å²) in [5, 5.41) is 15.9. The Balaban J connectivity index is 1.83.